The Balaban J connectivity index is 0. The molecule has 1 rings (SSSR count). The summed E-state index contributed by atoms with van der Waals surface area (Å²) in [4.78, 5) is 0. The number of aliphatic hydroxyl groups is 2. The smallest absolute Gasteiger partial charge is 0.261 e. The first-order chi connectivity index (χ1) is 10.2. The van der Waals surface area contributed by atoms with Gasteiger partial charge in [0.25, 0.3) is 20.2 Å². The standard InChI is InChI=1S/C9H11ClO3.2CH4O3S/c10-7-1-3-9(4-2-7)13-6-8(12)5-11;2*1-5(2,3)4/h1-4,8,11-12H,5-6H2;2*1H3,(H,2,3,4). The molecule has 0 aliphatic rings. The second-order valence-corrected chi connectivity index (χ2v) is 7.44. The van der Waals surface area contributed by atoms with Crippen molar-refractivity contribution in [1.82, 2.24) is 0 Å². The molecule has 0 spiro atoms. The summed E-state index contributed by atoms with van der Waals surface area (Å²) in [5, 5.41) is 18.1. The average Bonchev–Trinajstić information content (AvgIpc) is 2.33. The van der Waals surface area contributed by atoms with Crippen molar-refractivity contribution in [2.24, 2.45) is 0 Å². The quantitative estimate of drug-likeness (QED) is 0.518. The number of benzene rings is 1. The Morgan fingerprint density at radius 2 is 1.39 bits per heavy atom. The summed E-state index contributed by atoms with van der Waals surface area (Å²) < 4.78 is 56.9. The van der Waals surface area contributed by atoms with Crippen molar-refractivity contribution in [2.45, 2.75) is 6.10 Å². The van der Waals surface area contributed by atoms with E-state index >= 15 is 0 Å². The molecule has 0 saturated heterocycles. The molecule has 0 bridgehead atoms. The molecule has 0 aliphatic carbocycles. The first-order valence-corrected chi connectivity index (χ1v) is 9.82. The number of ether oxygens (including phenoxy) is 1. The van der Waals surface area contributed by atoms with Gasteiger partial charge in [-0.1, -0.05) is 11.6 Å². The Morgan fingerprint density at radius 3 is 1.70 bits per heavy atom. The van der Waals surface area contributed by atoms with Crippen molar-refractivity contribution in [3.8, 4) is 5.75 Å². The largest absolute Gasteiger partial charge is 0.491 e. The van der Waals surface area contributed by atoms with Crippen LogP contribution in [0.4, 0.5) is 0 Å². The zero-order chi connectivity index (χ0) is 18.7. The molecule has 9 nitrogen and oxygen atoms in total. The summed E-state index contributed by atoms with van der Waals surface area (Å²) in [7, 11) is -7.33. The third-order valence-electron chi connectivity index (χ3n) is 1.47. The summed E-state index contributed by atoms with van der Waals surface area (Å²) in [6, 6.07) is 6.79. The van der Waals surface area contributed by atoms with Crippen molar-refractivity contribution < 1.29 is 40.9 Å². The Labute approximate surface area is 140 Å². The van der Waals surface area contributed by atoms with Gasteiger partial charge in [0.15, 0.2) is 0 Å². The van der Waals surface area contributed by atoms with Gasteiger partial charge in [-0.05, 0) is 24.3 Å². The maximum atomic E-state index is 9.19. The Kier molecular flexibility index (Phi) is 12.2. The van der Waals surface area contributed by atoms with Crippen LogP contribution in [0.2, 0.25) is 5.02 Å². The monoisotopic (exact) mass is 394 g/mol. The highest BCUT2D eigenvalue weighted by molar-refractivity contribution is 7.85. The SMILES string of the molecule is CS(=O)(=O)O.CS(=O)(=O)O.OCC(O)COc1ccc(Cl)cc1. The molecule has 0 saturated carbocycles. The molecule has 0 aliphatic heterocycles. The highest BCUT2D eigenvalue weighted by Crippen LogP contribution is 2.15. The van der Waals surface area contributed by atoms with E-state index in [2.05, 4.69) is 0 Å². The topological polar surface area (TPSA) is 158 Å². The number of hydrogen-bond donors (Lipinski definition) is 4. The van der Waals surface area contributed by atoms with E-state index in [1.54, 1.807) is 24.3 Å². The minimum absolute atomic E-state index is 0.0815. The van der Waals surface area contributed by atoms with E-state index in [0.717, 1.165) is 0 Å². The molecule has 0 heterocycles. The zero-order valence-electron chi connectivity index (χ0n) is 12.3. The van der Waals surface area contributed by atoms with Crippen molar-refractivity contribution in [3.63, 3.8) is 0 Å². The van der Waals surface area contributed by atoms with Crippen LogP contribution in [0.15, 0.2) is 24.3 Å². The lowest BCUT2D eigenvalue weighted by atomic mass is 10.3. The van der Waals surface area contributed by atoms with Crippen LogP contribution >= 0.6 is 11.6 Å². The van der Waals surface area contributed by atoms with Crippen LogP contribution in [0.25, 0.3) is 0 Å². The van der Waals surface area contributed by atoms with Gasteiger partial charge in [0.05, 0.1) is 19.1 Å². The van der Waals surface area contributed by atoms with Gasteiger partial charge in [-0.2, -0.15) is 16.8 Å². The second-order valence-electron chi connectivity index (χ2n) is 4.07. The van der Waals surface area contributed by atoms with Crippen molar-refractivity contribution in [2.75, 3.05) is 25.7 Å². The minimum atomic E-state index is -3.67. The summed E-state index contributed by atoms with van der Waals surface area (Å²) in [6.45, 7) is -0.217. The maximum absolute atomic E-state index is 9.19. The van der Waals surface area contributed by atoms with Gasteiger partial charge in [-0.3, -0.25) is 9.11 Å². The van der Waals surface area contributed by atoms with Gasteiger partial charge < -0.3 is 14.9 Å². The Bertz CT molecular complexity index is 580. The number of rotatable bonds is 4. The molecule has 136 valence electrons. The van der Waals surface area contributed by atoms with E-state index in [9.17, 15) is 16.8 Å². The molecule has 1 atom stereocenters. The highest BCUT2D eigenvalue weighted by atomic mass is 35.5. The van der Waals surface area contributed by atoms with Crippen molar-refractivity contribution >= 4 is 31.8 Å². The van der Waals surface area contributed by atoms with Crippen LogP contribution in [0, 0.1) is 0 Å². The first-order valence-electron chi connectivity index (χ1n) is 5.74. The van der Waals surface area contributed by atoms with Crippen LogP contribution < -0.4 is 4.74 Å². The molecule has 1 aromatic carbocycles. The fourth-order valence-electron chi connectivity index (χ4n) is 0.776. The maximum Gasteiger partial charge on any atom is 0.261 e. The number of halogens is 1. The van der Waals surface area contributed by atoms with E-state index in [4.69, 9.17) is 35.7 Å². The zero-order valence-corrected chi connectivity index (χ0v) is 14.7. The fourth-order valence-corrected chi connectivity index (χ4v) is 0.902. The van der Waals surface area contributed by atoms with E-state index in [1.165, 1.54) is 0 Å². The molecule has 12 heteroatoms. The van der Waals surface area contributed by atoms with Crippen molar-refractivity contribution in [1.29, 1.82) is 0 Å². The number of aliphatic hydroxyl groups excluding tert-OH is 2. The van der Waals surface area contributed by atoms with Crippen LogP contribution in [0.1, 0.15) is 0 Å². The molecule has 1 unspecified atom stereocenters. The van der Waals surface area contributed by atoms with Crippen molar-refractivity contribution in [3.05, 3.63) is 29.3 Å². The molecule has 0 radical (unpaired) electrons. The van der Waals surface area contributed by atoms with E-state index in [1.807, 2.05) is 0 Å². The minimum Gasteiger partial charge on any atom is -0.491 e. The molecular weight excluding hydrogens is 376 g/mol. The predicted molar refractivity (Wildman–Crippen MR) is 85.0 cm³/mol. The second kappa shape index (κ2) is 11.6. The molecule has 4 N–H and O–H groups in total. The molecule has 23 heavy (non-hydrogen) atoms. The van der Waals surface area contributed by atoms with Crippen LogP contribution in [-0.2, 0) is 20.2 Å². The van der Waals surface area contributed by atoms with Gasteiger partial charge in [0.2, 0.25) is 0 Å². The van der Waals surface area contributed by atoms with Crippen LogP contribution in [0.3, 0.4) is 0 Å². The molecule has 0 aromatic heterocycles. The van der Waals surface area contributed by atoms with E-state index in [0.29, 0.717) is 23.3 Å². The molecular formula is C11H19ClO9S2. The molecule has 0 amide bonds. The molecule has 1 aromatic rings. The summed E-state index contributed by atoms with van der Waals surface area (Å²) >= 11 is 5.66. The van der Waals surface area contributed by atoms with Gasteiger partial charge in [0.1, 0.15) is 18.5 Å². The normalized spacial score (nSPS) is 12.1. The highest BCUT2D eigenvalue weighted by Gasteiger charge is 2.02. The molecule has 0 fully saturated rings. The van der Waals surface area contributed by atoms with Gasteiger partial charge >= 0.3 is 0 Å². The van der Waals surface area contributed by atoms with Gasteiger partial charge in [-0.15, -0.1) is 0 Å². The predicted octanol–water partition coefficient (Wildman–Crippen LogP) is 0.0800. The third kappa shape index (κ3) is 29.7. The van der Waals surface area contributed by atoms with E-state index in [-0.39, 0.29) is 13.2 Å². The lowest BCUT2D eigenvalue weighted by Gasteiger charge is -2.09. The van der Waals surface area contributed by atoms with Crippen LogP contribution in [-0.4, -0.2) is 68.0 Å². The van der Waals surface area contributed by atoms with Gasteiger partial charge in [0, 0.05) is 5.02 Å². The Morgan fingerprint density at radius 1 is 1.04 bits per heavy atom. The summed E-state index contributed by atoms with van der Waals surface area (Å²) in [6.07, 6.45) is 0.593. The third-order valence-corrected chi connectivity index (χ3v) is 1.72. The lowest BCUT2D eigenvalue weighted by molar-refractivity contribution is 0.0536. The lowest BCUT2D eigenvalue weighted by Crippen LogP contribution is -2.21. The first kappa shape index (κ1) is 24.3. The summed E-state index contributed by atoms with van der Waals surface area (Å²) in [5.74, 6) is 0.622. The van der Waals surface area contributed by atoms with E-state index < -0.39 is 26.3 Å². The fraction of sp³-hybridized carbons (Fsp3) is 0.455. The van der Waals surface area contributed by atoms with Crippen LogP contribution in [0.5, 0.6) is 5.75 Å². The summed E-state index contributed by atoms with van der Waals surface area (Å²) in [5.41, 5.74) is 0. The average molecular weight is 395 g/mol. The Hall–Kier alpha value is -0.950. The van der Waals surface area contributed by atoms with Gasteiger partial charge in [-0.25, -0.2) is 0 Å². The number of hydrogen-bond acceptors (Lipinski definition) is 7.